The predicted octanol–water partition coefficient (Wildman–Crippen LogP) is 6.61. The van der Waals surface area contributed by atoms with Gasteiger partial charge in [-0.05, 0) is 79.3 Å². The summed E-state index contributed by atoms with van der Waals surface area (Å²) >= 11 is 12.5. The number of nitrogens with one attached hydrogen (secondary N) is 2. The first-order valence-corrected chi connectivity index (χ1v) is 13.0. The molecule has 1 amide bonds. The van der Waals surface area contributed by atoms with Crippen LogP contribution in [0.2, 0.25) is 5.02 Å². The molecule has 5 rings (SSSR count). The van der Waals surface area contributed by atoms with Crippen LogP contribution >= 0.6 is 23.8 Å². The minimum absolute atomic E-state index is 0.0860. The van der Waals surface area contributed by atoms with E-state index in [1.165, 1.54) is 5.56 Å². The van der Waals surface area contributed by atoms with Crippen LogP contribution < -0.4 is 15.5 Å². The summed E-state index contributed by atoms with van der Waals surface area (Å²) in [5.74, 6) is -0.235. The maximum Gasteiger partial charge on any atom is 0.226 e. The van der Waals surface area contributed by atoms with Gasteiger partial charge in [-0.15, -0.1) is 0 Å². The number of hydrogen-bond donors (Lipinski definition) is 2. The van der Waals surface area contributed by atoms with Gasteiger partial charge in [0.15, 0.2) is 5.11 Å². The van der Waals surface area contributed by atoms with Crippen LogP contribution in [0.4, 0.5) is 11.4 Å². The van der Waals surface area contributed by atoms with Crippen LogP contribution in [0.25, 0.3) is 5.69 Å². The SMILES string of the molecule is Cc1cccc(-n2cccc2[C@H]2[C@@H](c3ccccn3)NC(=S)N2c2ccc(NC(=O)C(C)C)c(Cl)c2)c1. The molecule has 3 heterocycles. The van der Waals surface area contributed by atoms with E-state index < -0.39 is 0 Å². The van der Waals surface area contributed by atoms with E-state index >= 15 is 0 Å². The highest BCUT2D eigenvalue weighted by atomic mass is 35.5. The van der Waals surface area contributed by atoms with Gasteiger partial charge in [0, 0.05) is 35.4 Å². The van der Waals surface area contributed by atoms with Crippen molar-refractivity contribution in [2.24, 2.45) is 5.92 Å². The van der Waals surface area contributed by atoms with Gasteiger partial charge in [0.05, 0.1) is 22.4 Å². The molecule has 37 heavy (non-hydrogen) atoms. The van der Waals surface area contributed by atoms with Crippen molar-refractivity contribution < 1.29 is 4.79 Å². The van der Waals surface area contributed by atoms with E-state index in [1.807, 2.05) is 56.3 Å². The molecule has 0 bridgehead atoms. The third-order valence-corrected chi connectivity index (χ3v) is 7.10. The van der Waals surface area contributed by atoms with Gasteiger partial charge >= 0.3 is 0 Å². The van der Waals surface area contributed by atoms with Crippen molar-refractivity contribution >= 4 is 46.2 Å². The third-order valence-electron chi connectivity index (χ3n) is 6.47. The second kappa shape index (κ2) is 10.4. The number of pyridine rings is 1. The molecule has 0 aliphatic carbocycles. The molecule has 0 unspecified atom stereocenters. The number of nitrogens with zero attached hydrogens (tertiary/aromatic N) is 3. The Morgan fingerprint density at radius 3 is 2.59 bits per heavy atom. The van der Waals surface area contributed by atoms with E-state index in [1.54, 1.807) is 6.20 Å². The van der Waals surface area contributed by atoms with E-state index in [-0.39, 0.29) is 23.9 Å². The zero-order valence-corrected chi connectivity index (χ0v) is 22.4. The lowest BCUT2D eigenvalue weighted by atomic mass is 10.0. The topological polar surface area (TPSA) is 62.2 Å². The molecule has 0 saturated carbocycles. The van der Waals surface area contributed by atoms with Gasteiger partial charge in [0.2, 0.25) is 5.91 Å². The number of rotatable bonds is 6. The average Bonchev–Trinajstić information content (AvgIpc) is 3.50. The Morgan fingerprint density at radius 1 is 1.05 bits per heavy atom. The quantitative estimate of drug-likeness (QED) is 0.275. The number of anilines is 2. The fourth-order valence-corrected chi connectivity index (χ4v) is 5.18. The molecule has 0 radical (unpaired) electrons. The highest BCUT2D eigenvalue weighted by molar-refractivity contribution is 7.80. The van der Waals surface area contributed by atoms with Crippen molar-refractivity contribution in [1.82, 2.24) is 14.9 Å². The van der Waals surface area contributed by atoms with Crippen molar-refractivity contribution in [2.75, 3.05) is 10.2 Å². The van der Waals surface area contributed by atoms with E-state index in [2.05, 4.69) is 68.5 Å². The minimum Gasteiger partial charge on any atom is -0.351 e. The fraction of sp³-hybridized carbons (Fsp3) is 0.207. The molecule has 4 aromatic rings. The normalized spacial score (nSPS) is 17.2. The number of hydrogen-bond acceptors (Lipinski definition) is 3. The van der Waals surface area contributed by atoms with E-state index in [9.17, 15) is 4.79 Å². The molecule has 2 aromatic carbocycles. The van der Waals surface area contributed by atoms with Gasteiger partial charge in [0.1, 0.15) is 6.04 Å². The lowest BCUT2D eigenvalue weighted by Gasteiger charge is -2.29. The summed E-state index contributed by atoms with van der Waals surface area (Å²) in [6.07, 6.45) is 3.86. The Kier molecular flexibility index (Phi) is 7.00. The third kappa shape index (κ3) is 4.97. The molecule has 1 saturated heterocycles. The molecule has 2 N–H and O–H groups in total. The molecule has 2 atom stereocenters. The Labute approximate surface area is 227 Å². The van der Waals surface area contributed by atoms with E-state index in [4.69, 9.17) is 23.8 Å². The smallest absolute Gasteiger partial charge is 0.226 e. The second-order valence-corrected chi connectivity index (χ2v) is 10.2. The largest absolute Gasteiger partial charge is 0.351 e. The number of aryl methyl sites for hydroxylation is 1. The first-order valence-electron chi connectivity index (χ1n) is 12.2. The Morgan fingerprint density at radius 2 is 1.89 bits per heavy atom. The summed E-state index contributed by atoms with van der Waals surface area (Å²) in [5.41, 5.74) is 5.60. The number of thiocarbonyl (C=S) groups is 1. The Bertz CT molecular complexity index is 1450. The molecule has 1 fully saturated rings. The van der Waals surface area contributed by atoms with Gasteiger partial charge < -0.3 is 20.1 Å². The number of carbonyl (C=O) groups is 1. The van der Waals surface area contributed by atoms with Gasteiger partial charge in [-0.2, -0.15) is 0 Å². The van der Waals surface area contributed by atoms with Crippen LogP contribution in [0.15, 0.2) is 85.2 Å². The summed E-state index contributed by atoms with van der Waals surface area (Å²) in [5, 5.41) is 7.42. The van der Waals surface area contributed by atoms with Gasteiger partial charge in [-0.1, -0.05) is 43.6 Å². The van der Waals surface area contributed by atoms with Gasteiger partial charge in [0.25, 0.3) is 0 Å². The predicted molar refractivity (Wildman–Crippen MR) is 153 cm³/mol. The second-order valence-electron chi connectivity index (χ2n) is 9.45. The van der Waals surface area contributed by atoms with Crippen molar-refractivity contribution in [3.63, 3.8) is 0 Å². The summed E-state index contributed by atoms with van der Waals surface area (Å²) in [7, 11) is 0. The first-order chi connectivity index (χ1) is 17.8. The van der Waals surface area contributed by atoms with E-state index in [0.717, 1.165) is 22.8 Å². The molecule has 188 valence electrons. The summed E-state index contributed by atoms with van der Waals surface area (Å²) in [6, 6.07) is 23.7. The van der Waals surface area contributed by atoms with E-state index in [0.29, 0.717) is 15.8 Å². The fourth-order valence-electron chi connectivity index (χ4n) is 4.61. The van der Waals surface area contributed by atoms with Crippen molar-refractivity contribution in [1.29, 1.82) is 0 Å². The number of benzene rings is 2. The van der Waals surface area contributed by atoms with Crippen molar-refractivity contribution in [3.05, 3.63) is 107 Å². The molecule has 2 aromatic heterocycles. The number of halogens is 1. The number of amides is 1. The van der Waals surface area contributed by atoms with Crippen LogP contribution in [0, 0.1) is 12.8 Å². The maximum atomic E-state index is 12.2. The zero-order valence-electron chi connectivity index (χ0n) is 20.9. The van der Waals surface area contributed by atoms with Crippen LogP contribution in [0.1, 0.15) is 42.9 Å². The molecule has 0 spiro atoms. The molecular formula is C29H28ClN5OS. The molecule has 8 heteroatoms. The van der Waals surface area contributed by atoms with Crippen LogP contribution in [-0.2, 0) is 4.79 Å². The average molecular weight is 530 g/mol. The molecule has 1 aliphatic heterocycles. The molecule has 6 nitrogen and oxygen atoms in total. The monoisotopic (exact) mass is 529 g/mol. The highest BCUT2D eigenvalue weighted by Crippen LogP contribution is 2.43. The van der Waals surface area contributed by atoms with Crippen molar-refractivity contribution in [3.8, 4) is 5.69 Å². The standard InChI is InChI=1S/C29H28ClN5OS/c1-18(2)28(36)32-23-13-12-21(17-22(23)30)35-27(26(33-29(35)37)24-10-4-5-14-31-24)25-11-7-15-34(25)20-9-6-8-19(3)16-20/h4-18,26-27H,1-3H3,(H,32,36)(H,33,37)/t26-,27+/m1/s1. The number of aromatic nitrogens is 2. The number of carbonyl (C=O) groups excluding carboxylic acids is 1. The maximum absolute atomic E-state index is 12.2. The minimum atomic E-state index is -0.204. The van der Waals surface area contributed by atoms with Gasteiger partial charge in [-0.3, -0.25) is 9.78 Å². The Balaban J connectivity index is 1.60. The lowest BCUT2D eigenvalue weighted by molar-refractivity contribution is -0.118. The summed E-state index contributed by atoms with van der Waals surface area (Å²) < 4.78 is 2.19. The molecular weight excluding hydrogens is 502 g/mol. The summed E-state index contributed by atoms with van der Waals surface area (Å²) in [6.45, 7) is 5.78. The van der Waals surface area contributed by atoms with Crippen LogP contribution in [0.3, 0.4) is 0 Å². The summed E-state index contributed by atoms with van der Waals surface area (Å²) in [4.78, 5) is 19.0. The van der Waals surface area contributed by atoms with Crippen LogP contribution in [-0.4, -0.2) is 20.6 Å². The van der Waals surface area contributed by atoms with Gasteiger partial charge in [-0.25, -0.2) is 0 Å². The zero-order chi connectivity index (χ0) is 26.1. The lowest BCUT2D eigenvalue weighted by Crippen LogP contribution is -2.30. The Hall–Kier alpha value is -3.68. The molecule has 1 aliphatic rings. The highest BCUT2D eigenvalue weighted by Gasteiger charge is 2.42. The van der Waals surface area contributed by atoms with Crippen LogP contribution in [0.5, 0.6) is 0 Å². The first kappa shape index (κ1) is 25.0. The van der Waals surface area contributed by atoms with Crippen molar-refractivity contribution in [2.45, 2.75) is 32.9 Å².